The molecule has 1 amide bonds. The van der Waals surface area contributed by atoms with Crippen molar-refractivity contribution in [1.82, 2.24) is 10.3 Å². The molecule has 3 rings (SSSR count). The van der Waals surface area contributed by atoms with Crippen molar-refractivity contribution < 1.29 is 9.53 Å². The highest BCUT2D eigenvalue weighted by Gasteiger charge is 2.29. The first-order chi connectivity index (χ1) is 7.74. The van der Waals surface area contributed by atoms with Crippen LogP contribution >= 0.6 is 0 Å². The Bertz CT molecular complexity index is 552. The Labute approximate surface area is 91.9 Å². The molecular formula is C12H10N2O2. The third-order valence-corrected chi connectivity index (χ3v) is 2.64. The number of cyclic esters (lactones) is 1. The van der Waals surface area contributed by atoms with Gasteiger partial charge in [0.05, 0.1) is 11.4 Å². The van der Waals surface area contributed by atoms with Crippen LogP contribution in [0.1, 0.15) is 11.8 Å². The van der Waals surface area contributed by atoms with Crippen LogP contribution in [0.15, 0.2) is 42.6 Å². The largest absolute Gasteiger partial charge is 0.433 e. The molecule has 2 heterocycles. The van der Waals surface area contributed by atoms with Crippen LogP contribution in [-0.4, -0.2) is 11.1 Å². The van der Waals surface area contributed by atoms with Gasteiger partial charge in [0.1, 0.15) is 0 Å². The molecule has 0 radical (unpaired) electrons. The minimum atomic E-state index is -0.450. The van der Waals surface area contributed by atoms with Crippen molar-refractivity contribution >= 4 is 17.0 Å². The number of fused-ring (bicyclic) bond motifs is 1. The van der Waals surface area contributed by atoms with E-state index < -0.39 is 12.2 Å². The van der Waals surface area contributed by atoms with E-state index in [1.54, 1.807) is 0 Å². The van der Waals surface area contributed by atoms with Gasteiger partial charge in [-0.25, -0.2) is 4.79 Å². The van der Waals surface area contributed by atoms with Crippen molar-refractivity contribution in [3.8, 4) is 0 Å². The van der Waals surface area contributed by atoms with E-state index in [4.69, 9.17) is 4.74 Å². The van der Waals surface area contributed by atoms with Crippen molar-refractivity contribution in [1.29, 1.82) is 0 Å². The number of amides is 1. The van der Waals surface area contributed by atoms with E-state index in [1.165, 1.54) is 0 Å². The fourth-order valence-electron chi connectivity index (χ4n) is 1.89. The summed E-state index contributed by atoms with van der Waals surface area (Å²) in [6, 6.07) is 9.86. The van der Waals surface area contributed by atoms with Gasteiger partial charge in [-0.1, -0.05) is 24.8 Å². The molecule has 0 aliphatic carbocycles. The monoisotopic (exact) mass is 214 g/mol. The molecule has 1 aromatic carbocycles. The SMILES string of the molecule is C=C1NC(=O)OC1c1cc2ccccc2[nH]1. The molecule has 2 N–H and O–H groups in total. The molecule has 1 saturated heterocycles. The molecule has 1 aromatic heterocycles. The number of rotatable bonds is 1. The third kappa shape index (κ3) is 1.27. The standard InChI is InChI=1S/C12H10N2O2/c1-7-11(16-12(15)13-7)10-6-8-4-2-3-5-9(8)14-10/h2-6,11,14H,1H2,(H,13,15). The highest BCUT2D eigenvalue weighted by molar-refractivity contribution is 5.81. The Morgan fingerprint density at radius 3 is 2.81 bits per heavy atom. The van der Waals surface area contributed by atoms with Crippen molar-refractivity contribution in [3.05, 3.63) is 48.3 Å². The van der Waals surface area contributed by atoms with E-state index in [0.29, 0.717) is 5.70 Å². The number of aromatic nitrogens is 1. The van der Waals surface area contributed by atoms with Crippen molar-refractivity contribution in [2.45, 2.75) is 6.10 Å². The van der Waals surface area contributed by atoms with E-state index in [1.807, 2.05) is 30.3 Å². The molecule has 1 atom stereocenters. The van der Waals surface area contributed by atoms with Crippen LogP contribution in [0.4, 0.5) is 4.79 Å². The van der Waals surface area contributed by atoms with Crippen molar-refractivity contribution in [3.63, 3.8) is 0 Å². The lowest BCUT2D eigenvalue weighted by atomic mass is 10.2. The lowest BCUT2D eigenvalue weighted by molar-refractivity contribution is 0.144. The van der Waals surface area contributed by atoms with E-state index in [2.05, 4.69) is 16.9 Å². The van der Waals surface area contributed by atoms with E-state index >= 15 is 0 Å². The summed E-state index contributed by atoms with van der Waals surface area (Å²) in [5.41, 5.74) is 2.43. The number of hydrogen-bond acceptors (Lipinski definition) is 2. The van der Waals surface area contributed by atoms with Crippen molar-refractivity contribution in [2.24, 2.45) is 0 Å². The molecule has 1 unspecified atom stereocenters. The number of ether oxygens (including phenoxy) is 1. The summed E-state index contributed by atoms with van der Waals surface area (Å²) in [5, 5.41) is 3.63. The Kier molecular flexibility index (Phi) is 1.77. The summed E-state index contributed by atoms with van der Waals surface area (Å²) in [7, 11) is 0. The van der Waals surface area contributed by atoms with Crippen LogP contribution in [0.5, 0.6) is 0 Å². The van der Waals surface area contributed by atoms with Gasteiger partial charge in [-0.3, -0.25) is 5.32 Å². The van der Waals surface area contributed by atoms with E-state index in [9.17, 15) is 4.79 Å². The Balaban J connectivity index is 2.06. The lowest BCUT2D eigenvalue weighted by Gasteiger charge is -2.05. The van der Waals surface area contributed by atoms with Gasteiger partial charge in [-0.2, -0.15) is 0 Å². The lowest BCUT2D eigenvalue weighted by Crippen LogP contribution is -2.10. The molecule has 1 aliphatic rings. The molecule has 0 bridgehead atoms. The molecule has 16 heavy (non-hydrogen) atoms. The predicted octanol–water partition coefficient (Wildman–Crippen LogP) is 2.46. The summed E-state index contributed by atoms with van der Waals surface area (Å²) in [5.74, 6) is 0. The number of para-hydroxylation sites is 1. The van der Waals surface area contributed by atoms with Crippen LogP contribution in [0.3, 0.4) is 0 Å². The van der Waals surface area contributed by atoms with E-state index in [0.717, 1.165) is 16.6 Å². The summed E-state index contributed by atoms with van der Waals surface area (Å²) in [4.78, 5) is 14.3. The smallest absolute Gasteiger partial charge is 0.412 e. The maximum atomic E-state index is 11.0. The number of alkyl carbamates (subject to hydrolysis) is 1. The van der Waals surface area contributed by atoms with Crippen molar-refractivity contribution in [2.75, 3.05) is 0 Å². The van der Waals surface area contributed by atoms with Crippen LogP contribution < -0.4 is 5.32 Å². The zero-order valence-corrected chi connectivity index (χ0v) is 8.49. The molecule has 1 fully saturated rings. The highest BCUT2D eigenvalue weighted by Crippen LogP contribution is 2.29. The first-order valence-corrected chi connectivity index (χ1v) is 4.98. The fourth-order valence-corrected chi connectivity index (χ4v) is 1.89. The zero-order chi connectivity index (χ0) is 11.1. The second-order valence-corrected chi connectivity index (χ2v) is 3.75. The third-order valence-electron chi connectivity index (χ3n) is 2.64. The van der Waals surface area contributed by atoms with Gasteiger partial charge >= 0.3 is 6.09 Å². The molecule has 1 aliphatic heterocycles. The Morgan fingerprint density at radius 2 is 2.12 bits per heavy atom. The van der Waals surface area contributed by atoms with Gasteiger partial charge in [-0.05, 0) is 17.5 Å². The number of hydrogen-bond donors (Lipinski definition) is 2. The molecule has 80 valence electrons. The minimum absolute atomic E-state index is 0.417. The summed E-state index contributed by atoms with van der Waals surface area (Å²) < 4.78 is 5.11. The summed E-state index contributed by atoms with van der Waals surface area (Å²) >= 11 is 0. The Morgan fingerprint density at radius 1 is 1.31 bits per heavy atom. The van der Waals surface area contributed by atoms with Gasteiger partial charge in [0.2, 0.25) is 0 Å². The van der Waals surface area contributed by atoms with Crippen LogP contribution in [0.2, 0.25) is 0 Å². The Hall–Kier alpha value is -2.23. The van der Waals surface area contributed by atoms with Crippen LogP contribution in [-0.2, 0) is 4.74 Å². The van der Waals surface area contributed by atoms with Gasteiger partial charge in [0.25, 0.3) is 0 Å². The number of carbonyl (C=O) groups excluding carboxylic acids is 1. The average Bonchev–Trinajstić information content (AvgIpc) is 2.81. The molecule has 4 heteroatoms. The van der Waals surface area contributed by atoms with E-state index in [-0.39, 0.29) is 0 Å². The first kappa shape index (κ1) is 9.03. The van der Waals surface area contributed by atoms with Gasteiger partial charge in [0, 0.05) is 5.52 Å². The number of benzene rings is 1. The zero-order valence-electron chi connectivity index (χ0n) is 8.49. The maximum Gasteiger partial charge on any atom is 0.412 e. The normalized spacial score (nSPS) is 19.9. The van der Waals surface area contributed by atoms with Crippen LogP contribution in [0.25, 0.3) is 10.9 Å². The molecule has 0 saturated carbocycles. The number of aromatic amines is 1. The fraction of sp³-hybridized carbons (Fsp3) is 0.0833. The van der Waals surface area contributed by atoms with Crippen LogP contribution in [0, 0.1) is 0 Å². The number of nitrogens with one attached hydrogen (secondary N) is 2. The first-order valence-electron chi connectivity index (χ1n) is 4.98. The van der Waals surface area contributed by atoms with Gasteiger partial charge in [-0.15, -0.1) is 0 Å². The number of carbonyl (C=O) groups is 1. The maximum absolute atomic E-state index is 11.0. The highest BCUT2D eigenvalue weighted by atomic mass is 16.6. The second-order valence-electron chi connectivity index (χ2n) is 3.75. The topological polar surface area (TPSA) is 54.1 Å². The van der Waals surface area contributed by atoms with Gasteiger partial charge < -0.3 is 9.72 Å². The molecular weight excluding hydrogens is 204 g/mol. The molecule has 4 nitrogen and oxygen atoms in total. The minimum Gasteiger partial charge on any atom is -0.433 e. The molecule has 2 aromatic rings. The average molecular weight is 214 g/mol. The summed E-state index contributed by atoms with van der Waals surface area (Å²) in [6.07, 6.45) is -0.867. The van der Waals surface area contributed by atoms with Gasteiger partial charge in [0.15, 0.2) is 6.10 Å². The summed E-state index contributed by atoms with van der Waals surface area (Å²) in [6.45, 7) is 3.76. The molecule has 0 spiro atoms. The quantitative estimate of drug-likeness (QED) is 0.766. The predicted molar refractivity (Wildman–Crippen MR) is 59.8 cm³/mol. The number of H-pyrrole nitrogens is 1. The second kappa shape index (κ2) is 3.13.